The van der Waals surface area contributed by atoms with Crippen molar-refractivity contribution in [3.8, 4) is 0 Å². The van der Waals surface area contributed by atoms with E-state index in [1.54, 1.807) is 6.20 Å². The van der Waals surface area contributed by atoms with Gasteiger partial charge in [-0.15, -0.1) is 0 Å². The molecule has 0 radical (unpaired) electrons. The zero-order valence-corrected chi connectivity index (χ0v) is 19.6. The van der Waals surface area contributed by atoms with E-state index in [2.05, 4.69) is 27.1 Å². The van der Waals surface area contributed by atoms with Crippen LogP contribution in [0.25, 0.3) is 11.2 Å². The number of fused-ring (bicyclic) bond motifs is 1. The van der Waals surface area contributed by atoms with Crippen LogP contribution in [0.5, 0.6) is 0 Å². The van der Waals surface area contributed by atoms with E-state index in [9.17, 15) is 5.11 Å². The van der Waals surface area contributed by atoms with Gasteiger partial charge in [-0.05, 0) is 62.1 Å². The van der Waals surface area contributed by atoms with E-state index >= 15 is 0 Å². The summed E-state index contributed by atoms with van der Waals surface area (Å²) < 4.78 is 7.79. The van der Waals surface area contributed by atoms with Crippen molar-refractivity contribution in [2.45, 2.75) is 51.1 Å². The van der Waals surface area contributed by atoms with Crippen molar-refractivity contribution in [1.82, 2.24) is 19.5 Å². The number of aliphatic hydroxyl groups excluding tert-OH is 1. The summed E-state index contributed by atoms with van der Waals surface area (Å²) in [4.78, 5) is 14.3. The number of aromatic nitrogens is 4. The molecule has 3 aromatic rings. The van der Waals surface area contributed by atoms with E-state index in [4.69, 9.17) is 26.3 Å². The number of hydrogen-bond acceptors (Lipinski definition) is 7. The second kappa shape index (κ2) is 9.83. The summed E-state index contributed by atoms with van der Waals surface area (Å²) in [6, 6.07) is 8.18. The van der Waals surface area contributed by atoms with E-state index < -0.39 is 0 Å². The summed E-state index contributed by atoms with van der Waals surface area (Å²) >= 11 is 6.20. The maximum atomic E-state index is 9.59. The largest absolute Gasteiger partial charge is 0.396 e. The van der Waals surface area contributed by atoms with Gasteiger partial charge in [-0.25, -0.2) is 9.97 Å². The molecule has 1 aliphatic carbocycles. The molecule has 2 aromatic heterocycles. The number of nitrogens with one attached hydrogen (secondary N) is 2. The van der Waals surface area contributed by atoms with Crippen LogP contribution in [0.2, 0.25) is 5.02 Å². The van der Waals surface area contributed by atoms with Gasteiger partial charge in [-0.2, -0.15) is 4.98 Å². The Morgan fingerprint density at radius 1 is 1.18 bits per heavy atom. The van der Waals surface area contributed by atoms with Crippen LogP contribution in [0, 0.1) is 11.8 Å². The average Bonchev–Trinajstić information content (AvgIpc) is 3.17. The number of aliphatic hydroxyl groups is 1. The fraction of sp³-hybridized carbons (Fsp3) is 0.542. The van der Waals surface area contributed by atoms with E-state index in [-0.39, 0.29) is 18.7 Å². The zero-order valence-electron chi connectivity index (χ0n) is 18.9. The number of rotatable bonds is 6. The minimum atomic E-state index is 0.254. The molecule has 0 unspecified atom stereocenters. The fourth-order valence-electron chi connectivity index (χ4n) is 4.94. The molecule has 176 valence electrons. The first kappa shape index (κ1) is 22.4. The minimum Gasteiger partial charge on any atom is -0.396 e. The number of hydrogen-bond donors (Lipinski definition) is 3. The van der Waals surface area contributed by atoms with Crippen LogP contribution >= 0.6 is 11.6 Å². The van der Waals surface area contributed by atoms with Crippen LogP contribution < -0.4 is 10.6 Å². The number of nitrogens with zero attached hydrogens (tertiary/aromatic N) is 4. The van der Waals surface area contributed by atoms with E-state index in [1.165, 1.54) is 0 Å². The normalized spacial score (nSPS) is 25.8. The average molecular weight is 471 g/mol. The van der Waals surface area contributed by atoms with Gasteiger partial charge in [-0.3, -0.25) is 4.57 Å². The molecule has 3 heterocycles. The quantitative estimate of drug-likeness (QED) is 0.476. The summed E-state index contributed by atoms with van der Waals surface area (Å²) in [5.74, 6) is 2.14. The van der Waals surface area contributed by atoms with Crippen LogP contribution in [0.15, 0.2) is 30.5 Å². The third-order valence-corrected chi connectivity index (χ3v) is 7.14. The summed E-state index contributed by atoms with van der Waals surface area (Å²) in [6.45, 7) is 3.94. The number of benzene rings is 1. The summed E-state index contributed by atoms with van der Waals surface area (Å²) in [5.41, 5.74) is 2.46. The van der Waals surface area contributed by atoms with E-state index in [0.717, 1.165) is 68.1 Å². The molecule has 2 aliphatic rings. The van der Waals surface area contributed by atoms with Crippen LogP contribution in [-0.2, 0) is 4.74 Å². The Balaban J connectivity index is 1.49. The first-order valence-electron chi connectivity index (χ1n) is 11.8. The highest BCUT2D eigenvalue weighted by atomic mass is 35.5. The molecule has 9 heteroatoms. The van der Waals surface area contributed by atoms with Crippen molar-refractivity contribution >= 4 is 40.3 Å². The molecule has 1 aromatic carbocycles. The first-order chi connectivity index (χ1) is 16.1. The monoisotopic (exact) mass is 470 g/mol. The highest BCUT2D eigenvalue weighted by molar-refractivity contribution is 6.30. The second-order valence-electron chi connectivity index (χ2n) is 9.29. The lowest BCUT2D eigenvalue weighted by Crippen LogP contribution is -2.36. The van der Waals surface area contributed by atoms with Crippen LogP contribution in [0.3, 0.4) is 0 Å². The Morgan fingerprint density at radius 2 is 2.03 bits per heavy atom. The van der Waals surface area contributed by atoms with Crippen LogP contribution in [-0.4, -0.2) is 50.5 Å². The SMILES string of the molecule is C[C@@H]1COCC[C@@H]1Nc1ncc2nc(Nc3cccc(Cl)c3)n(C3CCC(CO)CC3)c2n1. The maximum absolute atomic E-state index is 9.59. The Hall–Kier alpha value is -2.42. The molecule has 33 heavy (non-hydrogen) atoms. The fourth-order valence-corrected chi connectivity index (χ4v) is 5.13. The van der Waals surface area contributed by atoms with Crippen molar-refractivity contribution in [3.05, 3.63) is 35.5 Å². The second-order valence-corrected chi connectivity index (χ2v) is 9.73. The van der Waals surface area contributed by atoms with Crippen molar-refractivity contribution in [1.29, 1.82) is 0 Å². The van der Waals surface area contributed by atoms with Gasteiger partial charge in [0, 0.05) is 36.0 Å². The Bertz CT molecular complexity index is 1100. The number of ether oxygens (including phenoxy) is 1. The molecule has 0 spiro atoms. The highest BCUT2D eigenvalue weighted by Crippen LogP contribution is 2.37. The van der Waals surface area contributed by atoms with Gasteiger partial charge in [0.2, 0.25) is 11.9 Å². The highest BCUT2D eigenvalue weighted by Gasteiger charge is 2.27. The topological polar surface area (TPSA) is 97.1 Å². The van der Waals surface area contributed by atoms with Gasteiger partial charge in [0.15, 0.2) is 5.65 Å². The van der Waals surface area contributed by atoms with E-state index in [0.29, 0.717) is 22.8 Å². The standard InChI is InChI=1S/C24H31ClN6O2/c1-15-14-33-10-9-20(15)28-23-26-12-21-22(30-23)31(19-7-5-16(13-32)6-8-19)24(29-21)27-18-4-2-3-17(25)11-18/h2-4,11-12,15-16,19-20,32H,5-10,13-14H2,1H3,(H,27,29)(H,26,28,30)/t15-,16?,19?,20+/m1/s1. The summed E-state index contributed by atoms with van der Waals surface area (Å²) in [6.07, 6.45) is 6.68. The molecular weight excluding hydrogens is 440 g/mol. The molecule has 3 N–H and O–H groups in total. The van der Waals surface area contributed by atoms with Gasteiger partial charge in [0.25, 0.3) is 0 Å². The lowest BCUT2D eigenvalue weighted by Gasteiger charge is -2.30. The number of halogens is 1. The predicted molar refractivity (Wildman–Crippen MR) is 130 cm³/mol. The first-order valence-corrected chi connectivity index (χ1v) is 12.2. The molecule has 1 saturated heterocycles. The van der Waals surface area contributed by atoms with Crippen molar-refractivity contribution < 1.29 is 9.84 Å². The lowest BCUT2D eigenvalue weighted by atomic mass is 9.86. The van der Waals surface area contributed by atoms with Crippen molar-refractivity contribution in [2.75, 3.05) is 30.5 Å². The Morgan fingerprint density at radius 3 is 2.79 bits per heavy atom. The van der Waals surface area contributed by atoms with Crippen molar-refractivity contribution in [3.63, 3.8) is 0 Å². The molecule has 1 aliphatic heterocycles. The molecule has 0 amide bonds. The zero-order chi connectivity index (χ0) is 22.8. The molecule has 5 rings (SSSR count). The predicted octanol–water partition coefficient (Wildman–Crippen LogP) is 4.78. The van der Waals surface area contributed by atoms with Gasteiger partial charge < -0.3 is 20.5 Å². The smallest absolute Gasteiger partial charge is 0.224 e. The molecule has 1 saturated carbocycles. The Labute approximate surface area is 198 Å². The van der Waals surface area contributed by atoms with Crippen molar-refractivity contribution in [2.24, 2.45) is 11.8 Å². The molecule has 2 atom stereocenters. The van der Waals surface area contributed by atoms with Gasteiger partial charge in [-0.1, -0.05) is 24.6 Å². The van der Waals surface area contributed by atoms with Gasteiger partial charge >= 0.3 is 0 Å². The summed E-state index contributed by atoms with van der Waals surface area (Å²) in [7, 11) is 0. The van der Waals surface area contributed by atoms with Crippen LogP contribution in [0.1, 0.15) is 45.1 Å². The van der Waals surface area contributed by atoms with Gasteiger partial charge in [0.1, 0.15) is 5.52 Å². The summed E-state index contributed by atoms with van der Waals surface area (Å²) in [5, 5.41) is 17.2. The maximum Gasteiger partial charge on any atom is 0.224 e. The lowest BCUT2D eigenvalue weighted by molar-refractivity contribution is 0.0536. The number of imidazole rings is 1. The molecule has 2 fully saturated rings. The Kier molecular flexibility index (Phi) is 6.66. The number of anilines is 3. The van der Waals surface area contributed by atoms with Crippen LogP contribution in [0.4, 0.5) is 17.6 Å². The van der Waals surface area contributed by atoms with Gasteiger partial charge in [0.05, 0.1) is 12.8 Å². The third-order valence-electron chi connectivity index (χ3n) is 6.91. The van der Waals surface area contributed by atoms with E-state index in [1.807, 2.05) is 24.3 Å². The minimum absolute atomic E-state index is 0.254. The molecular formula is C24H31ClN6O2. The molecule has 8 nitrogen and oxygen atoms in total. The third kappa shape index (κ3) is 4.93. The molecule has 0 bridgehead atoms.